The summed E-state index contributed by atoms with van der Waals surface area (Å²) >= 11 is 13.3. The van der Waals surface area contributed by atoms with Crippen molar-refractivity contribution in [1.82, 2.24) is 29.7 Å². The number of anilines is 1. The molecule has 5 aromatic rings. The van der Waals surface area contributed by atoms with Crippen molar-refractivity contribution in [2.45, 2.75) is 26.7 Å². The molecular weight excluding hydrogens is 683 g/mol. The molecule has 2 fully saturated rings. The molecule has 2 aliphatic rings. The molecule has 2 aliphatic heterocycles. The molecule has 7 rings (SSSR count). The number of halogens is 4. The minimum Gasteiger partial charge on any atom is -0.467 e. The summed E-state index contributed by atoms with van der Waals surface area (Å²) in [6.07, 6.45) is 6.76. The minimum atomic E-state index is -0.960. The van der Waals surface area contributed by atoms with Gasteiger partial charge in [0.25, 0.3) is 5.91 Å². The van der Waals surface area contributed by atoms with Crippen LogP contribution in [0, 0.1) is 5.82 Å². The first-order valence-corrected chi connectivity index (χ1v) is 17.3. The van der Waals surface area contributed by atoms with Crippen LogP contribution in [-0.2, 0) is 4.79 Å². The first-order chi connectivity index (χ1) is 24.2. The van der Waals surface area contributed by atoms with Crippen molar-refractivity contribution in [2.24, 2.45) is 0 Å². The molecule has 1 amide bonds. The van der Waals surface area contributed by atoms with Crippen molar-refractivity contribution in [2.75, 3.05) is 58.3 Å². The van der Waals surface area contributed by atoms with Crippen LogP contribution in [0.5, 0.6) is 6.01 Å². The molecule has 0 bridgehead atoms. The van der Waals surface area contributed by atoms with Crippen LogP contribution in [0.3, 0.4) is 0 Å². The Morgan fingerprint density at radius 1 is 0.900 bits per heavy atom. The molecule has 0 atom stereocenters. The summed E-state index contributed by atoms with van der Waals surface area (Å²) in [6, 6.07) is 14.1. The van der Waals surface area contributed by atoms with Crippen LogP contribution in [-0.4, -0.2) is 89.1 Å². The van der Waals surface area contributed by atoms with Gasteiger partial charge in [0.15, 0.2) is 17.5 Å². The second kappa shape index (κ2) is 17.0. The van der Waals surface area contributed by atoms with Gasteiger partial charge in [0, 0.05) is 66.0 Å². The van der Waals surface area contributed by atoms with Gasteiger partial charge in [0.1, 0.15) is 11.3 Å². The van der Waals surface area contributed by atoms with Gasteiger partial charge < -0.3 is 19.4 Å². The molecule has 50 heavy (non-hydrogen) atoms. The molecule has 2 saturated heterocycles. The first kappa shape index (κ1) is 36.8. The van der Waals surface area contributed by atoms with Crippen LogP contribution >= 0.6 is 23.2 Å². The number of carbonyl (C=O) groups excluding carboxylic acids is 1. The van der Waals surface area contributed by atoms with Gasteiger partial charge in [0.2, 0.25) is 0 Å². The highest BCUT2D eigenvalue weighted by atomic mass is 35.5. The number of ether oxygens (including phenoxy) is 1. The number of fused-ring (bicyclic) bond motifs is 2. The van der Waals surface area contributed by atoms with Crippen LogP contribution in [0.1, 0.15) is 32.5 Å². The average Bonchev–Trinajstić information content (AvgIpc) is 3.63. The third kappa shape index (κ3) is 8.12. The third-order valence-electron chi connectivity index (χ3n) is 8.39. The average molecular weight is 723 g/mol. The fraction of sp³-hybridized carbons (Fsp3) is 0.324. The fourth-order valence-electron chi connectivity index (χ4n) is 5.95. The molecular formula is C37H39Cl2F2N7O2. The van der Waals surface area contributed by atoms with Crippen molar-refractivity contribution in [3.8, 4) is 17.1 Å². The normalized spacial score (nSPS) is 15.0. The van der Waals surface area contributed by atoms with Gasteiger partial charge >= 0.3 is 6.01 Å². The quantitative estimate of drug-likeness (QED) is 0.168. The lowest BCUT2D eigenvalue weighted by atomic mass is 9.96. The van der Waals surface area contributed by atoms with Crippen LogP contribution in [0.2, 0.25) is 10.0 Å². The van der Waals surface area contributed by atoms with E-state index in [2.05, 4.69) is 31.9 Å². The van der Waals surface area contributed by atoms with E-state index in [1.54, 1.807) is 24.3 Å². The molecule has 0 unspecified atom stereocenters. The smallest absolute Gasteiger partial charge is 0.318 e. The number of amides is 1. The van der Waals surface area contributed by atoms with E-state index < -0.39 is 17.6 Å². The highest BCUT2D eigenvalue weighted by Crippen LogP contribution is 2.42. The van der Waals surface area contributed by atoms with E-state index in [1.165, 1.54) is 50.3 Å². The molecule has 4 heterocycles. The van der Waals surface area contributed by atoms with Gasteiger partial charge in [-0.2, -0.15) is 9.97 Å². The maximum absolute atomic E-state index is 16.4. The van der Waals surface area contributed by atoms with Gasteiger partial charge in [-0.15, -0.1) is 0 Å². The summed E-state index contributed by atoms with van der Waals surface area (Å²) < 4.78 is 36.3. The van der Waals surface area contributed by atoms with Crippen molar-refractivity contribution in [3.63, 3.8) is 0 Å². The van der Waals surface area contributed by atoms with E-state index in [1.807, 2.05) is 43.0 Å². The predicted molar refractivity (Wildman–Crippen MR) is 197 cm³/mol. The molecule has 0 saturated carbocycles. The Labute approximate surface area is 300 Å². The number of aromatic nitrogens is 4. The number of nitrogens with zero attached hydrogens (tertiary/aromatic N) is 7. The maximum Gasteiger partial charge on any atom is 0.318 e. The topological polar surface area (TPSA) is 87.6 Å². The summed E-state index contributed by atoms with van der Waals surface area (Å²) in [7, 11) is 3.57. The van der Waals surface area contributed by atoms with E-state index in [4.69, 9.17) is 27.9 Å². The first-order valence-electron chi connectivity index (χ1n) is 16.5. The van der Waals surface area contributed by atoms with Gasteiger partial charge in [-0.25, -0.2) is 18.7 Å². The predicted octanol–water partition coefficient (Wildman–Crippen LogP) is 8.09. The number of methoxy groups -OCH3 is 1. The molecule has 0 N–H and O–H groups in total. The molecule has 2 aromatic heterocycles. The highest BCUT2D eigenvalue weighted by molar-refractivity contribution is 6.38. The fourth-order valence-corrected chi connectivity index (χ4v) is 6.53. The van der Waals surface area contributed by atoms with E-state index in [0.29, 0.717) is 40.3 Å². The number of carbonyl (C=O) groups is 1. The summed E-state index contributed by atoms with van der Waals surface area (Å²) in [5, 5.41) is 2.51. The second-order valence-corrected chi connectivity index (χ2v) is 12.3. The number of piperazine rings is 1. The van der Waals surface area contributed by atoms with Gasteiger partial charge in [0.05, 0.1) is 12.1 Å². The lowest BCUT2D eigenvalue weighted by Gasteiger charge is -2.35. The summed E-state index contributed by atoms with van der Waals surface area (Å²) in [6.45, 7) is 7.64. The SMILES string of the molecule is CC.CN1CCCC1.COc1nc(N2CCN(C(=O)/C(F)=C/c3ncccn3)CC2)c2cc(Cl)c(-c3cccc4cccc(Cl)c34)c(F)c2n1. The van der Waals surface area contributed by atoms with Crippen molar-refractivity contribution in [3.05, 3.63) is 88.4 Å². The number of hydrogen-bond acceptors (Lipinski definition) is 8. The van der Waals surface area contributed by atoms with E-state index in [0.717, 1.165) is 11.5 Å². The number of hydrogen-bond donors (Lipinski definition) is 0. The zero-order valence-electron chi connectivity index (χ0n) is 28.5. The minimum absolute atomic E-state index is 0.0238. The van der Waals surface area contributed by atoms with Crippen LogP contribution in [0.15, 0.2) is 66.8 Å². The van der Waals surface area contributed by atoms with Crippen molar-refractivity contribution in [1.29, 1.82) is 0 Å². The standard InChI is InChI=1S/C30H22Cl2F2N6O2.C5H11N.C2H6/c1-42-30-37-27-19(15-21(32)25(26(27)34)18-7-2-5-17-6-3-8-20(31)24(17)18)28(38-30)39-11-13-40(14-12-39)29(41)22(33)16-23-35-9-4-10-36-23;1-6-4-2-3-5-6;1-2/h2-10,15-16H,11-14H2,1H3;2-5H2,1H3;1-2H3/b22-16-;;. The van der Waals surface area contributed by atoms with E-state index >= 15 is 4.39 Å². The summed E-state index contributed by atoms with van der Waals surface area (Å²) in [5.74, 6) is -1.87. The molecule has 0 spiro atoms. The largest absolute Gasteiger partial charge is 0.467 e. The Bertz CT molecular complexity index is 1980. The molecule has 262 valence electrons. The van der Waals surface area contributed by atoms with Crippen molar-refractivity contribution >= 4 is 62.7 Å². The van der Waals surface area contributed by atoms with E-state index in [-0.39, 0.29) is 41.0 Å². The lowest BCUT2D eigenvalue weighted by molar-refractivity contribution is -0.128. The molecule has 9 nitrogen and oxygen atoms in total. The molecule has 0 radical (unpaired) electrons. The Morgan fingerprint density at radius 3 is 2.18 bits per heavy atom. The Morgan fingerprint density at radius 2 is 1.56 bits per heavy atom. The van der Waals surface area contributed by atoms with Crippen molar-refractivity contribution < 1.29 is 18.3 Å². The number of likely N-dealkylation sites (tertiary alicyclic amines) is 1. The molecule has 13 heteroatoms. The second-order valence-electron chi connectivity index (χ2n) is 11.5. The summed E-state index contributed by atoms with van der Waals surface area (Å²) in [4.78, 5) is 35.0. The lowest BCUT2D eigenvalue weighted by Crippen LogP contribution is -2.49. The third-order valence-corrected chi connectivity index (χ3v) is 9.00. The van der Waals surface area contributed by atoms with Gasteiger partial charge in [-0.3, -0.25) is 4.79 Å². The van der Waals surface area contributed by atoms with E-state index in [9.17, 15) is 9.18 Å². The zero-order chi connectivity index (χ0) is 35.8. The van der Waals surface area contributed by atoms with Gasteiger partial charge in [-0.1, -0.05) is 67.4 Å². The van der Waals surface area contributed by atoms with Crippen LogP contribution in [0.4, 0.5) is 14.6 Å². The molecule has 0 aliphatic carbocycles. The van der Waals surface area contributed by atoms with Crippen LogP contribution in [0.25, 0.3) is 38.9 Å². The summed E-state index contributed by atoms with van der Waals surface area (Å²) in [5.41, 5.74) is 0.718. The van der Waals surface area contributed by atoms with Gasteiger partial charge in [-0.05, 0) is 62.1 Å². The van der Waals surface area contributed by atoms with Crippen LogP contribution < -0.4 is 9.64 Å². The zero-order valence-corrected chi connectivity index (χ0v) is 30.0. The number of rotatable bonds is 5. The Hall–Kier alpha value is -4.45. The number of benzene rings is 3. The monoisotopic (exact) mass is 721 g/mol. The Kier molecular flexibility index (Phi) is 12.5. The maximum atomic E-state index is 16.4. The Balaban J connectivity index is 0.000000543. The highest BCUT2D eigenvalue weighted by Gasteiger charge is 2.28. The molecule has 3 aromatic carbocycles.